The molecule has 70 valence electrons. The van der Waals surface area contributed by atoms with Gasteiger partial charge in [0.15, 0.2) is 5.79 Å². The van der Waals surface area contributed by atoms with Crippen molar-refractivity contribution < 1.29 is 9.47 Å². The molecule has 2 aliphatic rings. The van der Waals surface area contributed by atoms with Gasteiger partial charge in [0.25, 0.3) is 0 Å². The summed E-state index contributed by atoms with van der Waals surface area (Å²) >= 11 is 0. The van der Waals surface area contributed by atoms with Gasteiger partial charge in [-0.15, -0.1) is 0 Å². The number of hydrogen-bond acceptors (Lipinski definition) is 3. The first-order valence-corrected chi connectivity index (χ1v) is 4.67. The molecule has 4 nitrogen and oxygen atoms in total. The van der Waals surface area contributed by atoms with Crippen LogP contribution in [0.1, 0.15) is 17.7 Å². The van der Waals surface area contributed by atoms with Crippen molar-refractivity contribution in [2.75, 3.05) is 13.2 Å². The second kappa shape index (κ2) is 2.56. The van der Waals surface area contributed by atoms with Crippen molar-refractivity contribution in [1.82, 2.24) is 10.2 Å². The third-order valence-electron chi connectivity index (χ3n) is 2.84. The lowest BCUT2D eigenvalue weighted by atomic mass is 9.93. The van der Waals surface area contributed by atoms with Gasteiger partial charge in [-0.1, -0.05) is 0 Å². The summed E-state index contributed by atoms with van der Waals surface area (Å²) in [6.07, 6.45) is 4.69. The Balaban J connectivity index is 1.91. The highest BCUT2D eigenvalue weighted by Crippen LogP contribution is 2.33. The number of aromatic amines is 1. The molecule has 1 saturated heterocycles. The van der Waals surface area contributed by atoms with E-state index in [2.05, 4.69) is 10.2 Å². The molecule has 3 rings (SSSR count). The number of nitrogens with one attached hydrogen (secondary N) is 1. The zero-order valence-electron chi connectivity index (χ0n) is 7.38. The van der Waals surface area contributed by atoms with Gasteiger partial charge in [-0.2, -0.15) is 5.10 Å². The van der Waals surface area contributed by atoms with E-state index in [1.165, 1.54) is 11.3 Å². The molecule has 0 saturated carbocycles. The summed E-state index contributed by atoms with van der Waals surface area (Å²) in [7, 11) is 0. The summed E-state index contributed by atoms with van der Waals surface area (Å²) in [6.45, 7) is 1.45. The van der Waals surface area contributed by atoms with Crippen LogP contribution in [0.3, 0.4) is 0 Å². The first-order chi connectivity index (χ1) is 6.38. The number of rotatable bonds is 0. The van der Waals surface area contributed by atoms with E-state index in [9.17, 15) is 0 Å². The van der Waals surface area contributed by atoms with Crippen LogP contribution >= 0.6 is 0 Å². The van der Waals surface area contributed by atoms with E-state index >= 15 is 0 Å². The second-order valence-corrected chi connectivity index (χ2v) is 3.66. The molecule has 1 aromatic rings. The van der Waals surface area contributed by atoms with Crippen LogP contribution in [0.15, 0.2) is 6.20 Å². The Kier molecular flexibility index (Phi) is 1.48. The Bertz CT molecular complexity index is 315. The number of nitrogens with zero attached hydrogens (tertiary/aromatic N) is 1. The van der Waals surface area contributed by atoms with Crippen LogP contribution in [-0.2, 0) is 22.3 Å². The molecule has 13 heavy (non-hydrogen) atoms. The number of H-pyrrole nitrogens is 1. The van der Waals surface area contributed by atoms with Crippen molar-refractivity contribution in [3.8, 4) is 0 Å². The zero-order valence-corrected chi connectivity index (χ0v) is 7.38. The molecular weight excluding hydrogens is 168 g/mol. The average Bonchev–Trinajstić information content (AvgIpc) is 2.74. The molecule has 2 heterocycles. The fourth-order valence-corrected chi connectivity index (χ4v) is 2.13. The minimum atomic E-state index is -0.334. The second-order valence-electron chi connectivity index (χ2n) is 3.66. The van der Waals surface area contributed by atoms with Gasteiger partial charge in [0.2, 0.25) is 0 Å². The fraction of sp³-hybridized carbons (Fsp3) is 0.667. The van der Waals surface area contributed by atoms with Crippen LogP contribution in [-0.4, -0.2) is 29.2 Å². The van der Waals surface area contributed by atoms with Gasteiger partial charge >= 0.3 is 0 Å². The van der Waals surface area contributed by atoms with E-state index in [4.69, 9.17) is 9.47 Å². The Morgan fingerprint density at radius 2 is 2.23 bits per heavy atom. The monoisotopic (exact) mass is 180 g/mol. The maximum absolute atomic E-state index is 5.64. The number of hydrogen-bond donors (Lipinski definition) is 1. The van der Waals surface area contributed by atoms with E-state index in [0.717, 1.165) is 32.5 Å². The normalized spacial score (nSPS) is 24.9. The van der Waals surface area contributed by atoms with Crippen molar-refractivity contribution >= 4 is 0 Å². The van der Waals surface area contributed by atoms with E-state index in [-0.39, 0.29) is 5.79 Å². The van der Waals surface area contributed by atoms with E-state index in [1.54, 1.807) is 0 Å². The number of aryl methyl sites for hydroxylation is 1. The maximum atomic E-state index is 5.64. The Morgan fingerprint density at radius 1 is 1.38 bits per heavy atom. The lowest BCUT2D eigenvalue weighted by Gasteiger charge is -2.30. The van der Waals surface area contributed by atoms with Gasteiger partial charge in [0.05, 0.1) is 19.4 Å². The van der Waals surface area contributed by atoms with Gasteiger partial charge in [0.1, 0.15) is 0 Å². The third-order valence-corrected chi connectivity index (χ3v) is 2.84. The Morgan fingerprint density at radius 3 is 3.08 bits per heavy atom. The topological polar surface area (TPSA) is 47.1 Å². The van der Waals surface area contributed by atoms with E-state index in [1.807, 2.05) is 6.20 Å². The predicted molar refractivity (Wildman–Crippen MR) is 45.2 cm³/mol. The van der Waals surface area contributed by atoms with Crippen molar-refractivity contribution in [2.45, 2.75) is 25.0 Å². The first-order valence-electron chi connectivity index (χ1n) is 4.67. The summed E-state index contributed by atoms with van der Waals surface area (Å²) in [5.74, 6) is -0.334. The molecule has 0 aromatic carbocycles. The molecule has 0 atom stereocenters. The van der Waals surface area contributed by atoms with Crippen molar-refractivity contribution in [3.63, 3.8) is 0 Å². The SMILES string of the molecule is c1n[nH]c2c1CCC1(C2)OCCO1. The molecule has 1 N–H and O–H groups in total. The minimum absolute atomic E-state index is 0.334. The summed E-state index contributed by atoms with van der Waals surface area (Å²) in [5.41, 5.74) is 2.48. The molecule has 0 bridgehead atoms. The van der Waals surface area contributed by atoms with Crippen LogP contribution in [0.25, 0.3) is 0 Å². The average molecular weight is 180 g/mol. The highest BCUT2D eigenvalue weighted by Gasteiger charge is 2.40. The molecule has 0 unspecified atom stereocenters. The summed E-state index contributed by atoms with van der Waals surface area (Å²) in [5, 5.41) is 7.02. The van der Waals surface area contributed by atoms with Crippen LogP contribution < -0.4 is 0 Å². The molecule has 1 spiro atoms. The molecule has 0 amide bonds. The first kappa shape index (κ1) is 7.53. The summed E-state index contributed by atoms with van der Waals surface area (Å²) in [6, 6.07) is 0. The van der Waals surface area contributed by atoms with E-state index < -0.39 is 0 Å². The molecule has 1 aromatic heterocycles. The van der Waals surface area contributed by atoms with Crippen LogP contribution in [0.2, 0.25) is 0 Å². The zero-order chi connectivity index (χ0) is 8.73. The minimum Gasteiger partial charge on any atom is -0.347 e. The Hall–Kier alpha value is -0.870. The molecule has 1 fully saturated rings. The van der Waals surface area contributed by atoms with Gasteiger partial charge in [-0.05, 0) is 12.0 Å². The quantitative estimate of drug-likeness (QED) is 0.637. The Labute approximate surface area is 76.2 Å². The molecule has 4 heteroatoms. The number of ether oxygens (including phenoxy) is 2. The maximum Gasteiger partial charge on any atom is 0.174 e. The van der Waals surface area contributed by atoms with Crippen LogP contribution in [0, 0.1) is 0 Å². The van der Waals surface area contributed by atoms with Gasteiger partial charge in [-0.3, -0.25) is 5.10 Å². The van der Waals surface area contributed by atoms with E-state index in [0.29, 0.717) is 0 Å². The van der Waals surface area contributed by atoms with Crippen molar-refractivity contribution in [2.24, 2.45) is 0 Å². The molecule has 0 radical (unpaired) electrons. The largest absolute Gasteiger partial charge is 0.347 e. The lowest BCUT2D eigenvalue weighted by molar-refractivity contribution is -0.164. The molecule has 1 aliphatic carbocycles. The third kappa shape index (κ3) is 1.09. The lowest BCUT2D eigenvalue weighted by Crippen LogP contribution is -2.36. The fourth-order valence-electron chi connectivity index (χ4n) is 2.13. The highest BCUT2D eigenvalue weighted by molar-refractivity contribution is 5.21. The number of fused-ring (bicyclic) bond motifs is 1. The molecular formula is C9H12N2O2. The van der Waals surface area contributed by atoms with Crippen LogP contribution in [0.4, 0.5) is 0 Å². The summed E-state index contributed by atoms with van der Waals surface area (Å²) < 4.78 is 11.3. The summed E-state index contributed by atoms with van der Waals surface area (Å²) in [4.78, 5) is 0. The van der Waals surface area contributed by atoms with Crippen molar-refractivity contribution in [3.05, 3.63) is 17.5 Å². The highest BCUT2D eigenvalue weighted by atomic mass is 16.7. The van der Waals surface area contributed by atoms with Gasteiger partial charge < -0.3 is 9.47 Å². The van der Waals surface area contributed by atoms with Crippen molar-refractivity contribution in [1.29, 1.82) is 0 Å². The smallest absolute Gasteiger partial charge is 0.174 e. The van der Waals surface area contributed by atoms with Gasteiger partial charge in [0, 0.05) is 18.5 Å². The predicted octanol–water partition coefficient (Wildman–Crippen LogP) is 0.641. The standard InChI is InChI=1S/C9H12N2O2/c1-2-9(12-3-4-13-9)5-8-7(1)6-10-11-8/h6H,1-5H2,(H,10,11). The molecule has 1 aliphatic heterocycles. The van der Waals surface area contributed by atoms with Gasteiger partial charge in [-0.25, -0.2) is 0 Å². The van der Waals surface area contributed by atoms with Crippen LogP contribution in [0.5, 0.6) is 0 Å². The number of aromatic nitrogens is 2.